The molecule has 1 aromatic carbocycles. The number of carbonyl (C=O) groups excluding carboxylic acids is 2. The highest BCUT2D eigenvalue weighted by atomic mass is 16.2. The van der Waals surface area contributed by atoms with Crippen LogP contribution in [0.1, 0.15) is 239 Å². The van der Waals surface area contributed by atoms with Gasteiger partial charge in [0.1, 0.15) is 0 Å². The Bertz CT molecular complexity index is 907. The number of amides is 2. The topological polar surface area (TPSA) is 61.4 Å². The maximum absolute atomic E-state index is 12.5. The lowest BCUT2D eigenvalue weighted by atomic mass is 9.91. The molecule has 0 saturated heterocycles. The van der Waals surface area contributed by atoms with Crippen molar-refractivity contribution in [3.8, 4) is 0 Å². The summed E-state index contributed by atoms with van der Waals surface area (Å²) in [6.45, 7) is 14.2. The lowest BCUT2D eigenvalue weighted by Crippen LogP contribution is -2.25. The molecule has 1 aromatic rings. The number of hydrogen-bond donors (Lipinski definition) is 2. The third-order valence-corrected chi connectivity index (χ3v) is 12.1. The van der Waals surface area contributed by atoms with E-state index in [0.717, 1.165) is 83.1 Å². The average Bonchev–Trinajstić information content (AvgIpc) is 3.20. The summed E-state index contributed by atoms with van der Waals surface area (Å²) in [5.41, 5.74) is 1.40. The predicted octanol–water partition coefficient (Wildman–Crippen LogP) is 14.5. The Balaban J connectivity index is 2.19. The summed E-state index contributed by atoms with van der Waals surface area (Å²) in [4.78, 5) is 27.6. The molecule has 0 bridgehead atoms. The quantitative estimate of drug-likeness (QED) is 0.0650. The summed E-state index contributed by atoms with van der Waals surface area (Å²) in [5.74, 6) is 2.20. The third kappa shape index (κ3) is 33.1. The normalized spacial score (nSPS) is 11.6. The van der Waals surface area contributed by atoms with Crippen LogP contribution in [0.15, 0.2) is 30.3 Å². The number of carbonyl (C=O) groups is 2. The van der Waals surface area contributed by atoms with E-state index in [4.69, 9.17) is 0 Å². The summed E-state index contributed by atoms with van der Waals surface area (Å²) in [5, 5.41) is 6.43. The van der Waals surface area contributed by atoms with Gasteiger partial charge in [0.2, 0.25) is 11.8 Å². The molecule has 5 nitrogen and oxygen atoms in total. The largest absolute Gasteiger partial charge is 0.356 e. The molecular weight excluding hydrogens is 687 g/mol. The van der Waals surface area contributed by atoms with Gasteiger partial charge in [-0.3, -0.25) is 14.5 Å². The Hall–Kier alpha value is -1.88. The SMILES string of the molecule is CCCCCC(CCCCC)CCCNC(=O)CCCCCCCN(CCCCCCCC(=O)NCCCC(CCCCC)CCCCC)Cc1ccccc1. The molecule has 1 rings (SSSR count). The monoisotopic (exact) mass is 782 g/mol. The third-order valence-electron chi connectivity index (χ3n) is 12.1. The first-order valence-corrected chi connectivity index (χ1v) is 24.8. The summed E-state index contributed by atoms with van der Waals surface area (Å²) in [6, 6.07) is 10.9. The Kier molecular flexibility index (Phi) is 37.2. The van der Waals surface area contributed by atoms with Crippen molar-refractivity contribution in [1.82, 2.24) is 15.5 Å². The van der Waals surface area contributed by atoms with Crippen LogP contribution in [0.2, 0.25) is 0 Å². The minimum absolute atomic E-state index is 0.251. The van der Waals surface area contributed by atoms with Crippen LogP contribution in [0.25, 0.3) is 0 Å². The van der Waals surface area contributed by atoms with Gasteiger partial charge >= 0.3 is 0 Å². The van der Waals surface area contributed by atoms with Crippen molar-refractivity contribution < 1.29 is 9.59 Å². The minimum atomic E-state index is 0.251. The smallest absolute Gasteiger partial charge is 0.219 e. The lowest BCUT2D eigenvalue weighted by Gasteiger charge is -2.22. The van der Waals surface area contributed by atoms with E-state index in [0.29, 0.717) is 12.8 Å². The number of nitrogens with one attached hydrogen (secondary N) is 2. The number of benzene rings is 1. The molecule has 326 valence electrons. The predicted molar refractivity (Wildman–Crippen MR) is 245 cm³/mol. The first-order valence-electron chi connectivity index (χ1n) is 24.8. The van der Waals surface area contributed by atoms with Gasteiger partial charge < -0.3 is 10.6 Å². The van der Waals surface area contributed by atoms with E-state index >= 15 is 0 Å². The molecule has 0 aromatic heterocycles. The van der Waals surface area contributed by atoms with Gasteiger partial charge in [0, 0.05) is 32.5 Å². The Morgan fingerprint density at radius 2 is 0.804 bits per heavy atom. The van der Waals surface area contributed by atoms with Crippen LogP contribution >= 0.6 is 0 Å². The second-order valence-corrected chi connectivity index (χ2v) is 17.5. The van der Waals surface area contributed by atoms with E-state index in [1.54, 1.807) is 0 Å². The van der Waals surface area contributed by atoms with Gasteiger partial charge in [-0.25, -0.2) is 0 Å². The molecular formula is C51H95N3O2. The fraction of sp³-hybridized carbons (Fsp3) is 0.843. The Morgan fingerprint density at radius 1 is 0.446 bits per heavy atom. The summed E-state index contributed by atoms with van der Waals surface area (Å²) in [7, 11) is 0. The van der Waals surface area contributed by atoms with Crippen LogP contribution in [-0.4, -0.2) is 42.9 Å². The molecule has 0 aliphatic rings. The maximum atomic E-state index is 12.5. The molecule has 2 amide bonds. The second kappa shape index (κ2) is 39.9. The molecule has 0 fully saturated rings. The van der Waals surface area contributed by atoms with Gasteiger partial charge in [0.05, 0.1) is 0 Å². The summed E-state index contributed by atoms with van der Waals surface area (Å²) >= 11 is 0. The van der Waals surface area contributed by atoms with Gasteiger partial charge in [-0.15, -0.1) is 0 Å². The fourth-order valence-corrected chi connectivity index (χ4v) is 8.43. The highest BCUT2D eigenvalue weighted by molar-refractivity contribution is 5.76. The van der Waals surface area contributed by atoms with Gasteiger partial charge in [-0.05, 0) is 81.9 Å². The number of hydrogen-bond acceptors (Lipinski definition) is 3. The zero-order valence-electron chi connectivity index (χ0n) is 38.0. The number of nitrogens with zero attached hydrogens (tertiary/aromatic N) is 1. The maximum Gasteiger partial charge on any atom is 0.219 e. The van der Waals surface area contributed by atoms with Crippen LogP contribution in [0, 0.1) is 11.8 Å². The van der Waals surface area contributed by atoms with E-state index in [-0.39, 0.29) is 11.8 Å². The van der Waals surface area contributed by atoms with E-state index in [1.165, 1.54) is 160 Å². The van der Waals surface area contributed by atoms with Crippen molar-refractivity contribution >= 4 is 11.8 Å². The Labute approximate surface area is 349 Å². The van der Waals surface area contributed by atoms with Gasteiger partial charge in [0.15, 0.2) is 0 Å². The summed E-state index contributed by atoms with van der Waals surface area (Å²) < 4.78 is 0. The highest BCUT2D eigenvalue weighted by Crippen LogP contribution is 2.23. The average molecular weight is 782 g/mol. The van der Waals surface area contributed by atoms with E-state index in [2.05, 4.69) is 73.6 Å². The lowest BCUT2D eigenvalue weighted by molar-refractivity contribution is -0.122. The zero-order chi connectivity index (χ0) is 40.6. The molecule has 0 unspecified atom stereocenters. The first-order chi connectivity index (χ1) is 27.5. The standard InChI is InChI=1S/C51H95N3O2/c1-5-9-20-32-47(33-21-10-6-2)38-30-42-52-50(55)40-26-15-13-17-28-44-54(46-49-36-24-19-25-37-49)45-29-18-14-16-27-41-51(56)53-43-31-39-48(34-22-11-7-3)35-23-12-8-4/h19,24-25,36-37,47-48H,5-18,20-23,26-35,38-46H2,1-4H3,(H,52,55)(H,53,56). The molecule has 2 N–H and O–H groups in total. The molecule has 0 saturated carbocycles. The van der Waals surface area contributed by atoms with Crippen molar-refractivity contribution in [2.75, 3.05) is 26.2 Å². The van der Waals surface area contributed by atoms with Crippen LogP contribution in [0.3, 0.4) is 0 Å². The van der Waals surface area contributed by atoms with E-state index < -0.39 is 0 Å². The number of unbranched alkanes of at least 4 members (excludes halogenated alkanes) is 16. The minimum Gasteiger partial charge on any atom is -0.356 e. The molecule has 0 aliphatic carbocycles. The van der Waals surface area contributed by atoms with Gasteiger partial charge in [0.25, 0.3) is 0 Å². The van der Waals surface area contributed by atoms with Crippen LogP contribution in [0.4, 0.5) is 0 Å². The molecule has 56 heavy (non-hydrogen) atoms. The molecule has 0 heterocycles. The molecule has 0 radical (unpaired) electrons. The Morgan fingerprint density at radius 3 is 1.20 bits per heavy atom. The van der Waals surface area contributed by atoms with Crippen molar-refractivity contribution in [3.05, 3.63) is 35.9 Å². The van der Waals surface area contributed by atoms with Crippen molar-refractivity contribution in [2.24, 2.45) is 11.8 Å². The molecule has 0 aliphatic heterocycles. The van der Waals surface area contributed by atoms with E-state index in [1.807, 2.05) is 0 Å². The van der Waals surface area contributed by atoms with E-state index in [9.17, 15) is 9.59 Å². The van der Waals surface area contributed by atoms with Crippen LogP contribution in [-0.2, 0) is 16.1 Å². The van der Waals surface area contributed by atoms with Gasteiger partial charge in [-0.2, -0.15) is 0 Å². The number of rotatable bonds is 42. The molecule has 5 heteroatoms. The zero-order valence-corrected chi connectivity index (χ0v) is 38.0. The molecule has 0 spiro atoms. The van der Waals surface area contributed by atoms with Crippen LogP contribution < -0.4 is 10.6 Å². The van der Waals surface area contributed by atoms with Gasteiger partial charge in [-0.1, -0.05) is 199 Å². The van der Waals surface area contributed by atoms with Crippen molar-refractivity contribution in [2.45, 2.75) is 240 Å². The summed E-state index contributed by atoms with van der Waals surface area (Å²) in [6.07, 6.45) is 39.5. The van der Waals surface area contributed by atoms with Crippen LogP contribution in [0.5, 0.6) is 0 Å². The second-order valence-electron chi connectivity index (χ2n) is 17.5. The fourth-order valence-electron chi connectivity index (χ4n) is 8.43. The highest BCUT2D eigenvalue weighted by Gasteiger charge is 2.11. The van der Waals surface area contributed by atoms with Crippen molar-refractivity contribution in [3.63, 3.8) is 0 Å². The molecule has 0 atom stereocenters. The van der Waals surface area contributed by atoms with Crippen molar-refractivity contribution in [1.29, 1.82) is 0 Å². The first kappa shape index (κ1) is 52.1.